The average Bonchev–Trinajstić information content (AvgIpc) is 3.04. The van der Waals surface area contributed by atoms with Gasteiger partial charge in [-0.25, -0.2) is 9.78 Å². The molecule has 2 aliphatic heterocycles. The third kappa shape index (κ3) is 5.09. The monoisotopic (exact) mass is 416 g/mol. The topological polar surface area (TPSA) is 83.0 Å². The number of likely N-dealkylation sites (tertiary alicyclic amines) is 1. The highest BCUT2D eigenvalue weighted by Gasteiger charge is 2.34. The molecule has 8 nitrogen and oxygen atoms in total. The highest BCUT2D eigenvalue weighted by molar-refractivity contribution is 5.89. The van der Waals surface area contributed by atoms with Gasteiger partial charge in [0.2, 0.25) is 11.8 Å². The molecule has 0 radical (unpaired) electrons. The Morgan fingerprint density at radius 2 is 1.87 bits per heavy atom. The minimum Gasteiger partial charge on any atom is -0.462 e. The van der Waals surface area contributed by atoms with Gasteiger partial charge in [-0.05, 0) is 44.7 Å². The van der Waals surface area contributed by atoms with Crippen LogP contribution in [0.15, 0.2) is 18.3 Å². The molecule has 0 spiro atoms. The van der Waals surface area contributed by atoms with Crippen LogP contribution in [0.5, 0.6) is 0 Å². The van der Waals surface area contributed by atoms with Crippen molar-refractivity contribution in [2.24, 2.45) is 0 Å². The molecule has 1 atom stereocenters. The summed E-state index contributed by atoms with van der Waals surface area (Å²) < 4.78 is 5.00. The summed E-state index contributed by atoms with van der Waals surface area (Å²) in [7, 11) is 0. The highest BCUT2D eigenvalue weighted by atomic mass is 16.5. The molecule has 1 aromatic rings. The van der Waals surface area contributed by atoms with Crippen molar-refractivity contribution in [3.63, 3.8) is 0 Å². The van der Waals surface area contributed by atoms with Crippen LogP contribution >= 0.6 is 0 Å². The van der Waals surface area contributed by atoms with Gasteiger partial charge in [0.1, 0.15) is 11.9 Å². The van der Waals surface area contributed by atoms with E-state index in [-0.39, 0.29) is 23.8 Å². The predicted octanol–water partition coefficient (Wildman–Crippen LogP) is 2.09. The first-order valence-corrected chi connectivity index (χ1v) is 11.0. The van der Waals surface area contributed by atoms with E-state index in [0.717, 1.165) is 38.0 Å². The van der Waals surface area contributed by atoms with Gasteiger partial charge >= 0.3 is 5.97 Å². The van der Waals surface area contributed by atoms with Crippen molar-refractivity contribution in [1.82, 2.24) is 14.8 Å². The second-order valence-electron chi connectivity index (χ2n) is 7.74. The SMILES string of the molecule is CCOC(=O)c1ccc(N2CCCN(C(=O)C3CCCCN3C(=O)CC)CC2)nc1. The molecule has 0 bridgehead atoms. The van der Waals surface area contributed by atoms with Gasteiger partial charge in [0, 0.05) is 45.3 Å². The largest absolute Gasteiger partial charge is 0.462 e. The lowest BCUT2D eigenvalue weighted by molar-refractivity contribution is -0.147. The maximum Gasteiger partial charge on any atom is 0.339 e. The van der Waals surface area contributed by atoms with Crippen molar-refractivity contribution < 1.29 is 19.1 Å². The number of ether oxygens (including phenoxy) is 1. The summed E-state index contributed by atoms with van der Waals surface area (Å²) in [4.78, 5) is 47.5. The standard InChI is InChI=1S/C22H32N4O4/c1-3-20(27)26-13-6-5-8-18(26)21(28)25-12-7-11-24(14-15-25)19-10-9-17(16-23-19)22(29)30-4-2/h9-10,16,18H,3-8,11-15H2,1-2H3. The summed E-state index contributed by atoms with van der Waals surface area (Å²) in [5.41, 5.74) is 0.435. The molecule has 8 heteroatoms. The van der Waals surface area contributed by atoms with Crippen LogP contribution in [0.25, 0.3) is 0 Å². The predicted molar refractivity (Wildman–Crippen MR) is 113 cm³/mol. The van der Waals surface area contributed by atoms with Gasteiger partial charge in [-0.1, -0.05) is 6.92 Å². The Bertz CT molecular complexity index is 752. The molecule has 0 aromatic carbocycles. The number of esters is 1. The zero-order chi connectivity index (χ0) is 21.5. The van der Waals surface area contributed by atoms with Crippen LogP contribution in [0.2, 0.25) is 0 Å². The minimum absolute atomic E-state index is 0.0652. The van der Waals surface area contributed by atoms with Gasteiger partial charge in [-0.2, -0.15) is 0 Å². The molecular weight excluding hydrogens is 384 g/mol. The second-order valence-corrected chi connectivity index (χ2v) is 7.74. The number of pyridine rings is 1. The fraction of sp³-hybridized carbons (Fsp3) is 0.636. The van der Waals surface area contributed by atoms with Gasteiger partial charge in [-0.3, -0.25) is 9.59 Å². The summed E-state index contributed by atoms with van der Waals surface area (Å²) in [6, 6.07) is 3.23. The van der Waals surface area contributed by atoms with E-state index in [1.165, 1.54) is 6.20 Å². The molecule has 0 N–H and O–H groups in total. The lowest BCUT2D eigenvalue weighted by atomic mass is 10.00. The van der Waals surface area contributed by atoms with E-state index in [2.05, 4.69) is 9.88 Å². The number of rotatable bonds is 5. The van der Waals surface area contributed by atoms with Crippen LogP contribution in [0.1, 0.15) is 56.3 Å². The van der Waals surface area contributed by atoms with Crippen molar-refractivity contribution in [1.29, 1.82) is 0 Å². The molecule has 0 aliphatic carbocycles. The van der Waals surface area contributed by atoms with E-state index in [1.54, 1.807) is 17.9 Å². The Labute approximate surface area is 178 Å². The summed E-state index contributed by atoms with van der Waals surface area (Å²) >= 11 is 0. The van der Waals surface area contributed by atoms with Crippen LogP contribution in [-0.4, -0.2) is 77.9 Å². The molecule has 1 aromatic heterocycles. The molecule has 30 heavy (non-hydrogen) atoms. The third-order valence-electron chi connectivity index (χ3n) is 5.80. The first-order valence-electron chi connectivity index (χ1n) is 11.0. The number of carbonyl (C=O) groups excluding carboxylic acids is 3. The van der Waals surface area contributed by atoms with Crippen molar-refractivity contribution in [3.05, 3.63) is 23.9 Å². The van der Waals surface area contributed by atoms with Crippen LogP contribution in [0.4, 0.5) is 5.82 Å². The number of piperidine rings is 1. The first-order chi connectivity index (χ1) is 14.5. The maximum absolute atomic E-state index is 13.2. The Morgan fingerprint density at radius 3 is 2.57 bits per heavy atom. The van der Waals surface area contributed by atoms with Gasteiger partial charge in [0.15, 0.2) is 0 Å². The van der Waals surface area contributed by atoms with Crippen molar-refractivity contribution in [3.8, 4) is 0 Å². The maximum atomic E-state index is 13.2. The Hall–Kier alpha value is -2.64. The fourth-order valence-electron chi connectivity index (χ4n) is 4.18. The van der Waals surface area contributed by atoms with E-state index >= 15 is 0 Å². The fourth-order valence-corrected chi connectivity index (χ4v) is 4.18. The van der Waals surface area contributed by atoms with Crippen molar-refractivity contribution in [2.45, 2.75) is 52.0 Å². The minimum atomic E-state index is -0.372. The molecule has 1 unspecified atom stereocenters. The van der Waals surface area contributed by atoms with E-state index in [4.69, 9.17) is 4.74 Å². The van der Waals surface area contributed by atoms with Crippen molar-refractivity contribution >= 4 is 23.6 Å². The number of amides is 2. The number of carbonyl (C=O) groups is 3. The quantitative estimate of drug-likeness (QED) is 0.684. The van der Waals surface area contributed by atoms with E-state index in [1.807, 2.05) is 17.9 Å². The molecule has 3 heterocycles. The zero-order valence-corrected chi connectivity index (χ0v) is 18.0. The highest BCUT2D eigenvalue weighted by Crippen LogP contribution is 2.22. The lowest BCUT2D eigenvalue weighted by Crippen LogP contribution is -2.53. The summed E-state index contributed by atoms with van der Waals surface area (Å²) in [5, 5.41) is 0. The van der Waals surface area contributed by atoms with Gasteiger partial charge < -0.3 is 19.4 Å². The molecule has 3 rings (SSSR count). The lowest BCUT2D eigenvalue weighted by Gasteiger charge is -2.37. The number of aromatic nitrogens is 1. The first kappa shape index (κ1) is 22.1. The Balaban J connectivity index is 1.62. The van der Waals surface area contributed by atoms with Gasteiger partial charge in [-0.15, -0.1) is 0 Å². The van der Waals surface area contributed by atoms with E-state index < -0.39 is 0 Å². The number of anilines is 1. The van der Waals surface area contributed by atoms with Crippen LogP contribution in [-0.2, 0) is 14.3 Å². The van der Waals surface area contributed by atoms with Crippen LogP contribution < -0.4 is 4.90 Å². The number of nitrogens with zero attached hydrogens (tertiary/aromatic N) is 4. The average molecular weight is 417 g/mol. The normalized spacial score (nSPS) is 19.9. The molecule has 2 amide bonds. The van der Waals surface area contributed by atoms with E-state index in [9.17, 15) is 14.4 Å². The molecular formula is C22H32N4O4. The zero-order valence-electron chi connectivity index (χ0n) is 18.0. The van der Waals surface area contributed by atoms with E-state index in [0.29, 0.717) is 44.8 Å². The summed E-state index contributed by atoms with van der Waals surface area (Å²) in [5.74, 6) is 0.556. The van der Waals surface area contributed by atoms with Gasteiger partial charge in [0.25, 0.3) is 0 Å². The molecule has 2 fully saturated rings. The number of hydrogen-bond acceptors (Lipinski definition) is 6. The van der Waals surface area contributed by atoms with Crippen molar-refractivity contribution in [2.75, 3.05) is 44.2 Å². The third-order valence-corrected chi connectivity index (χ3v) is 5.80. The molecule has 2 aliphatic rings. The molecule has 2 saturated heterocycles. The summed E-state index contributed by atoms with van der Waals surface area (Å²) in [6.07, 6.45) is 5.52. The molecule has 0 saturated carbocycles. The number of hydrogen-bond donors (Lipinski definition) is 0. The van der Waals surface area contributed by atoms with Crippen LogP contribution in [0.3, 0.4) is 0 Å². The Kier molecular flexibility index (Phi) is 7.65. The van der Waals surface area contributed by atoms with Gasteiger partial charge in [0.05, 0.1) is 12.2 Å². The second kappa shape index (κ2) is 10.4. The smallest absolute Gasteiger partial charge is 0.339 e. The Morgan fingerprint density at radius 1 is 1.03 bits per heavy atom. The summed E-state index contributed by atoms with van der Waals surface area (Å²) in [6.45, 7) is 7.38. The molecule has 164 valence electrons. The van der Waals surface area contributed by atoms with Crippen LogP contribution in [0, 0.1) is 0 Å².